The van der Waals surface area contributed by atoms with Crippen LogP contribution in [0.4, 0.5) is 4.79 Å². The van der Waals surface area contributed by atoms with Crippen LogP contribution in [0, 0.1) is 0 Å². The third-order valence-corrected chi connectivity index (χ3v) is 2.43. The molecule has 1 atom stereocenters. The summed E-state index contributed by atoms with van der Waals surface area (Å²) in [6.07, 6.45) is 0.851. The van der Waals surface area contributed by atoms with Gasteiger partial charge in [0.1, 0.15) is 12.6 Å². The molecule has 1 N–H and O–H groups in total. The first-order valence-electron chi connectivity index (χ1n) is 5.02. The van der Waals surface area contributed by atoms with Gasteiger partial charge in [-0.1, -0.05) is 12.7 Å². The third kappa shape index (κ3) is 2.96. The second kappa shape index (κ2) is 5.50. The van der Waals surface area contributed by atoms with E-state index < -0.39 is 18.1 Å². The van der Waals surface area contributed by atoms with E-state index in [-0.39, 0.29) is 6.61 Å². The van der Waals surface area contributed by atoms with E-state index in [4.69, 9.17) is 9.84 Å². The molecule has 0 radical (unpaired) electrons. The summed E-state index contributed by atoms with van der Waals surface area (Å²) >= 11 is 0. The second-order valence-electron chi connectivity index (χ2n) is 3.68. The van der Waals surface area contributed by atoms with Crippen molar-refractivity contribution in [3.63, 3.8) is 0 Å². The lowest BCUT2D eigenvalue weighted by molar-refractivity contribution is -0.144. The number of piperazine rings is 1. The molecule has 0 aromatic rings. The highest BCUT2D eigenvalue weighted by molar-refractivity contribution is 5.80. The Morgan fingerprint density at radius 1 is 1.56 bits per heavy atom. The molecule has 0 spiro atoms. The number of aliphatic carboxylic acids is 1. The maximum Gasteiger partial charge on any atom is 0.410 e. The van der Waals surface area contributed by atoms with Gasteiger partial charge in [0.05, 0.1) is 0 Å². The lowest BCUT2D eigenvalue weighted by Crippen LogP contribution is -2.57. The van der Waals surface area contributed by atoms with Gasteiger partial charge in [-0.2, -0.15) is 0 Å². The molecule has 90 valence electrons. The number of rotatable bonds is 3. The Bertz CT molecular complexity index is 293. The van der Waals surface area contributed by atoms with E-state index in [1.807, 2.05) is 11.9 Å². The van der Waals surface area contributed by atoms with Crippen LogP contribution in [0.5, 0.6) is 0 Å². The number of amides is 1. The van der Waals surface area contributed by atoms with Gasteiger partial charge >= 0.3 is 12.1 Å². The highest BCUT2D eigenvalue weighted by Crippen LogP contribution is 2.10. The first-order valence-corrected chi connectivity index (χ1v) is 5.02. The van der Waals surface area contributed by atoms with Crippen LogP contribution in [0.3, 0.4) is 0 Å². The van der Waals surface area contributed by atoms with Crippen LogP contribution < -0.4 is 0 Å². The van der Waals surface area contributed by atoms with Gasteiger partial charge < -0.3 is 14.7 Å². The maximum absolute atomic E-state index is 11.6. The number of hydrogen-bond donors (Lipinski definition) is 1. The predicted molar refractivity (Wildman–Crippen MR) is 57.2 cm³/mol. The van der Waals surface area contributed by atoms with Gasteiger partial charge in [-0.05, 0) is 7.05 Å². The fourth-order valence-electron chi connectivity index (χ4n) is 1.56. The Morgan fingerprint density at radius 2 is 2.25 bits per heavy atom. The summed E-state index contributed by atoms with van der Waals surface area (Å²) in [5.74, 6) is -1.01. The fraction of sp³-hybridized carbons (Fsp3) is 0.600. The molecule has 1 heterocycles. The number of carboxylic acid groups (broad SMARTS) is 1. The molecular formula is C10H16N2O4. The monoisotopic (exact) mass is 228 g/mol. The number of carbonyl (C=O) groups is 2. The topological polar surface area (TPSA) is 70.1 Å². The lowest BCUT2D eigenvalue weighted by Gasteiger charge is -2.36. The molecular weight excluding hydrogens is 212 g/mol. The molecule has 1 saturated heterocycles. The van der Waals surface area contributed by atoms with Crippen molar-refractivity contribution in [2.75, 3.05) is 33.3 Å². The average molecular weight is 228 g/mol. The van der Waals surface area contributed by atoms with Gasteiger partial charge in [-0.15, -0.1) is 0 Å². The van der Waals surface area contributed by atoms with Gasteiger partial charge in [0.2, 0.25) is 0 Å². The zero-order valence-corrected chi connectivity index (χ0v) is 9.26. The molecule has 1 aliphatic rings. The Balaban J connectivity index is 2.64. The van der Waals surface area contributed by atoms with Crippen molar-refractivity contribution in [1.29, 1.82) is 0 Å². The Labute approximate surface area is 94.1 Å². The van der Waals surface area contributed by atoms with E-state index in [1.165, 1.54) is 11.0 Å². The van der Waals surface area contributed by atoms with Crippen molar-refractivity contribution in [1.82, 2.24) is 9.80 Å². The van der Waals surface area contributed by atoms with Crippen LogP contribution in [0.15, 0.2) is 12.7 Å². The van der Waals surface area contributed by atoms with E-state index in [0.29, 0.717) is 19.6 Å². The van der Waals surface area contributed by atoms with Gasteiger partial charge in [-0.25, -0.2) is 9.59 Å². The molecule has 0 aromatic heterocycles. The van der Waals surface area contributed by atoms with Gasteiger partial charge in [0.25, 0.3) is 0 Å². The first-order chi connectivity index (χ1) is 7.56. The molecule has 16 heavy (non-hydrogen) atoms. The minimum absolute atomic E-state index is 0.0948. The van der Waals surface area contributed by atoms with Gasteiger partial charge in [-0.3, -0.25) is 4.90 Å². The number of ether oxygens (including phenoxy) is 1. The Kier molecular flexibility index (Phi) is 4.30. The smallest absolute Gasteiger partial charge is 0.410 e. The molecule has 0 saturated carbocycles. The summed E-state index contributed by atoms with van der Waals surface area (Å²) in [5, 5.41) is 9.00. The third-order valence-electron chi connectivity index (χ3n) is 2.43. The number of hydrogen-bond acceptors (Lipinski definition) is 4. The minimum Gasteiger partial charge on any atom is -0.480 e. The number of nitrogens with zero attached hydrogens (tertiary/aromatic N) is 2. The van der Waals surface area contributed by atoms with Crippen LogP contribution in [0.25, 0.3) is 0 Å². The second-order valence-corrected chi connectivity index (χ2v) is 3.68. The zero-order valence-electron chi connectivity index (χ0n) is 9.26. The molecule has 1 unspecified atom stereocenters. The normalized spacial score (nSPS) is 21.6. The van der Waals surface area contributed by atoms with E-state index in [1.54, 1.807) is 0 Å². The number of likely N-dealkylation sites (N-methyl/N-ethyl adjacent to an activating group) is 1. The maximum atomic E-state index is 11.6. The fourth-order valence-corrected chi connectivity index (χ4v) is 1.56. The SMILES string of the molecule is C=CCOC(=O)N1CCN(C)CC1C(=O)O. The van der Waals surface area contributed by atoms with E-state index in [0.717, 1.165) is 0 Å². The summed E-state index contributed by atoms with van der Waals surface area (Å²) in [5.41, 5.74) is 0. The highest BCUT2D eigenvalue weighted by atomic mass is 16.6. The van der Waals surface area contributed by atoms with Gasteiger partial charge in [0.15, 0.2) is 0 Å². The lowest BCUT2D eigenvalue weighted by atomic mass is 10.2. The molecule has 6 nitrogen and oxygen atoms in total. The van der Waals surface area contributed by atoms with E-state index >= 15 is 0 Å². The van der Waals surface area contributed by atoms with Crippen molar-refractivity contribution in [3.05, 3.63) is 12.7 Å². The van der Waals surface area contributed by atoms with Crippen molar-refractivity contribution in [3.8, 4) is 0 Å². The number of carbonyl (C=O) groups excluding carboxylic acids is 1. The van der Waals surface area contributed by atoms with Crippen molar-refractivity contribution < 1.29 is 19.4 Å². The number of carboxylic acids is 1. The zero-order chi connectivity index (χ0) is 12.1. The van der Waals surface area contributed by atoms with E-state index in [2.05, 4.69) is 6.58 Å². The summed E-state index contributed by atoms with van der Waals surface area (Å²) in [6, 6.07) is -0.837. The van der Waals surface area contributed by atoms with Crippen LogP contribution in [-0.4, -0.2) is 66.3 Å². The Hall–Kier alpha value is -1.56. The van der Waals surface area contributed by atoms with Crippen molar-refractivity contribution in [2.24, 2.45) is 0 Å². The highest BCUT2D eigenvalue weighted by Gasteiger charge is 2.34. The van der Waals surface area contributed by atoms with Crippen molar-refractivity contribution >= 4 is 12.1 Å². The molecule has 6 heteroatoms. The van der Waals surface area contributed by atoms with E-state index in [9.17, 15) is 9.59 Å². The van der Waals surface area contributed by atoms with Gasteiger partial charge in [0, 0.05) is 19.6 Å². The van der Waals surface area contributed by atoms with Crippen LogP contribution >= 0.6 is 0 Å². The van der Waals surface area contributed by atoms with Crippen molar-refractivity contribution in [2.45, 2.75) is 6.04 Å². The summed E-state index contributed by atoms with van der Waals surface area (Å²) in [7, 11) is 1.82. The molecule has 0 aromatic carbocycles. The van der Waals surface area contributed by atoms with Crippen LogP contribution in [0.1, 0.15) is 0 Å². The molecule has 1 amide bonds. The van der Waals surface area contributed by atoms with Crippen LogP contribution in [-0.2, 0) is 9.53 Å². The molecule has 0 bridgehead atoms. The standard InChI is InChI=1S/C10H16N2O4/c1-3-6-16-10(15)12-5-4-11(2)7-8(12)9(13)14/h3,8H,1,4-7H2,2H3,(H,13,14). The van der Waals surface area contributed by atoms with Crippen LogP contribution in [0.2, 0.25) is 0 Å². The molecule has 1 fully saturated rings. The quantitative estimate of drug-likeness (QED) is 0.689. The minimum atomic E-state index is -1.01. The predicted octanol–water partition coefficient (Wildman–Crippen LogP) is 0.00960. The average Bonchev–Trinajstić information content (AvgIpc) is 2.25. The summed E-state index contributed by atoms with van der Waals surface area (Å²) < 4.78 is 4.83. The Morgan fingerprint density at radius 3 is 2.81 bits per heavy atom. The molecule has 1 rings (SSSR count). The largest absolute Gasteiger partial charge is 0.480 e. The first kappa shape index (κ1) is 12.5. The molecule has 1 aliphatic heterocycles. The summed E-state index contributed by atoms with van der Waals surface area (Å²) in [6.45, 7) is 4.85. The summed E-state index contributed by atoms with van der Waals surface area (Å²) in [4.78, 5) is 25.7. The molecule has 0 aliphatic carbocycles.